The lowest BCUT2D eigenvalue weighted by molar-refractivity contribution is 0.0696. The number of nitrogens with zero attached hydrogens (tertiary/aromatic N) is 3. The Hall–Kier alpha value is -1.67. The van der Waals surface area contributed by atoms with Crippen molar-refractivity contribution in [1.82, 2.24) is 10.2 Å². The summed E-state index contributed by atoms with van der Waals surface area (Å²) in [5.41, 5.74) is 0.392. The Kier molecular flexibility index (Phi) is 4.56. The molecule has 0 saturated carbocycles. The van der Waals surface area contributed by atoms with E-state index in [0.717, 1.165) is 15.5 Å². The summed E-state index contributed by atoms with van der Waals surface area (Å²) in [5.74, 6) is -1.27. The predicted octanol–water partition coefficient (Wildman–Crippen LogP) is 2.73. The molecule has 0 bridgehead atoms. The van der Waals surface area contributed by atoms with Crippen LogP contribution in [0.3, 0.4) is 0 Å². The number of carboxylic acids is 1. The molecule has 0 aliphatic heterocycles. The van der Waals surface area contributed by atoms with Crippen molar-refractivity contribution in [1.29, 1.82) is 0 Å². The molecule has 1 aromatic heterocycles. The van der Waals surface area contributed by atoms with E-state index in [1.54, 1.807) is 0 Å². The highest BCUT2D eigenvalue weighted by Gasteiger charge is 2.11. The number of carboxylic acid groups (broad SMARTS) is 1. The summed E-state index contributed by atoms with van der Waals surface area (Å²) in [4.78, 5) is 12.6. The van der Waals surface area contributed by atoms with Crippen molar-refractivity contribution >= 4 is 34.2 Å². The average molecular weight is 313 g/mol. The van der Waals surface area contributed by atoms with Gasteiger partial charge >= 0.3 is 5.97 Å². The molecule has 0 aliphatic carbocycles. The Morgan fingerprint density at radius 3 is 2.75 bits per heavy atom. The third-order valence-electron chi connectivity index (χ3n) is 2.43. The van der Waals surface area contributed by atoms with Gasteiger partial charge < -0.3 is 10.0 Å². The molecule has 5 nitrogen and oxygen atoms in total. The summed E-state index contributed by atoms with van der Waals surface area (Å²) in [5, 5.41) is 17.5. The van der Waals surface area contributed by atoms with Gasteiger partial charge in [-0.05, 0) is 17.7 Å². The molecule has 0 aliphatic rings. The molecule has 2 rings (SSSR count). The zero-order valence-corrected chi connectivity index (χ0v) is 12.5. The van der Waals surface area contributed by atoms with Crippen LogP contribution in [0.4, 0.5) is 9.52 Å². The summed E-state index contributed by atoms with van der Waals surface area (Å²) < 4.78 is 14.5. The number of thioether (sulfide) groups is 1. The standard InChI is InChI=1S/C12H12FN3O2S2/c1-16(2)11-14-15-12(20-11)19-6-8-4-3-7(10(17)18)5-9(8)13/h3-5H,6H2,1-2H3,(H,17,18). The van der Waals surface area contributed by atoms with Gasteiger partial charge in [-0.3, -0.25) is 0 Å². The van der Waals surface area contributed by atoms with Crippen molar-refractivity contribution in [2.75, 3.05) is 19.0 Å². The molecular weight excluding hydrogens is 301 g/mol. The second-order valence-corrected chi connectivity index (χ2v) is 6.32. The van der Waals surface area contributed by atoms with E-state index in [4.69, 9.17) is 5.11 Å². The van der Waals surface area contributed by atoms with E-state index in [0.29, 0.717) is 11.3 Å². The van der Waals surface area contributed by atoms with E-state index >= 15 is 0 Å². The minimum absolute atomic E-state index is 0.0536. The average Bonchev–Trinajstić information content (AvgIpc) is 2.86. The lowest BCUT2D eigenvalue weighted by atomic mass is 10.1. The molecule has 20 heavy (non-hydrogen) atoms. The third kappa shape index (κ3) is 3.45. The largest absolute Gasteiger partial charge is 0.478 e. The fourth-order valence-corrected chi connectivity index (χ4v) is 3.13. The van der Waals surface area contributed by atoms with E-state index in [1.165, 1.54) is 35.2 Å². The second kappa shape index (κ2) is 6.19. The Bertz CT molecular complexity index is 631. The Labute approximate surface area is 123 Å². The summed E-state index contributed by atoms with van der Waals surface area (Å²) in [6.45, 7) is 0. The molecule has 0 amide bonds. The van der Waals surface area contributed by atoms with E-state index in [-0.39, 0.29) is 5.56 Å². The van der Waals surface area contributed by atoms with Crippen LogP contribution in [0.2, 0.25) is 0 Å². The first kappa shape index (κ1) is 14.7. The lowest BCUT2D eigenvalue weighted by Crippen LogP contribution is -2.07. The van der Waals surface area contributed by atoms with Gasteiger partial charge in [-0.1, -0.05) is 29.2 Å². The highest BCUT2D eigenvalue weighted by atomic mass is 32.2. The Balaban J connectivity index is 2.05. The topological polar surface area (TPSA) is 66.3 Å². The maximum absolute atomic E-state index is 13.7. The molecule has 2 aromatic rings. The molecule has 1 aromatic carbocycles. The number of hydrogen-bond acceptors (Lipinski definition) is 6. The van der Waals surface area contributed by atoms with Crippen LogP contribution >= 0.6 is 23.1 Å². The molecule has 0 fully saturated rings. The second-order valence-electron chi connectivity index (χ2n) is 4.14. The van der Waals surface area contributed by atoms with Crippen molar-refractivity contribution in [2.24, 2.45) is 0 Å². The minimum Gasteiger partial charge on any atom is -0.478 e. The summed E-state index contributed by atoms with van der Waals surface area (Å²) in [6.07, 6.45) is 0. The Morgan fingerprint density at radius 1 is 1.45 bits per heavy atom. The number of aromatic carboxylic acids is 1. The number of aromatic nitrogens is 2. The molecule has 0 radical (unpaired) electrons. The quantitative estimate of drug-likeness (QED) is 0.856. The molecule has 0 unspecified atom stereocenters. The molecular formula is C12H12FN3O2S2. The molecule has 8 heteroatoms. The van der Waals surface area contributed by atoms with Crippen molar-refractivity contribution < 1.29 is 14.3 Å². The normalized spacial score (nSPS) is 10.6. The molecule has 1 heterocycles. The van der Waals surface area contributed by atoms with Gasteiger partial charge in [0.15, 0.2) is 4.34 Å². The van der Waals surface area contributed by atoms with Crippen molar-refractivity contribution in [3.8, 4) is 0 Å². The van der Waals surface area contributed by atoms with Crippen molar-refractivity contribution in [3.05, 3.63) is 35.1 Å². The monoisotopic (exact) mass is 313 g/mol. The van der Waals surface area contributed by atoms with E-state index in [1.807, 2.05) is 19.0 Å². The van der Waals surface area contributed by atoms with E-state index < -0.39 is 11.8 Å². The first-order valence-electron chi connectivity index (χ1n) is 5.62. The molecule has 0 saturated heterocycles. The predicted molar refractivity (Wildman–Crippen MR) is 77.2 cm³/mol. The zero-order chi connectivity index (χ0) is 14.7. The van der Waals surface area contributed by atoms with Crippen LogP contribution in [0.1, 0.15) is 15.9 Å². The number of hydrogen-bond donors (Lipinski definition) is 1. The SMILES string of the molecule is CN(C)c1nnc(SCc2ccc(C(=O)O)cc2F)s1. The molecule has 106 valence electrons. The van der Waals surface area contributed by atoms with Crippen molar-refractivity contribution in [2.45, 2.75) is 10.1 Å². The fraction of sp³-hybridized carbons (Fsp3) is 0.250. The van der Waals surface area contributed by atoms with Crippen LogP contribution in [0.5, 0.6) is 0 Å². The van der Waals surface area contributed by atoms with Crippen LogP contribution in [0.15, 0.2) is 22.5 Å². The van der Waals surface area contributed by atoms with Gasteiger partial charge in [-0.25, -0.2) is 9.18 Å². The highest BCUT2D eigenvalue weighted by molar-refractivity contribution is 8.00. The molecule has 1 N–H and O–H groups in total. The van der Waals surface area contributed by atoms with E-state index in [2.05, 4.69) is 10.2 Å². The first-order valence-corrected chi connectivity index (χ1v) is 7.43. The van der Waals surface area contributed by atoms with E-state index in [9.17, 15) is 9.18 Å². The number of carbonyl (C=O) groups is 1. The molecule has 0 atom stereocenters. The maximum Gasteiger partial charge on any atom is 0.335 e. The van der Waals surface area contributed by atoms with Crippen LogP contribution < -0.4 is 4.90 Å². The van der Waals surface area contributed by atoms with Gasteiger partial charge in [0, 0.05) is 19.8 Å². The van der Waals surface area contributed by atoms with Crippen LogP contribution in [-0.4, -0.2) is 35.4 Å². The van der Waals surface area contributed by atoms with Gasteiger partial charge in [0.25, 0.3) is 0 Å². The van der Waals surface area contributed by atoms with Crippen LogP contribution in [-0.2, 0) is 5.75 Å². The fourth-order valence-electron chi connectivity index (χ4n) is 1.38. The zero-order valence-electron chi connectivity index (χ0n) is 10.8. The number of rotatable bonds is 5. The summed E-state index contributed by atoms with van der Waals surface area (Å²) in [6, 6.07) is 3.91. The number of halogens is 1. The van der Waals surface area contributed by atoms with Crippen molar-refractivity contribution in [3.63, 3.8) is 0 Å². The first-order chi connectivity index (χ1) is 9.47. The van der Waals surface area contributed by atoms with Gasteiger partial charge in [-0.15, -0.1) is 10.2 Å². The van der Waals surface area contributed by atoms with Crippen LogP contribution in [0.25, 0.3) is 0 Å². The molecule has 0 spiro atoms. The van der Waals surface area contributed by atoms with Gasteiger partial charge in [0.05, 0.1) is 5.56 Å². The summed E-state index contributed by atoms with van der Waals surface area (Å²) >= 11 is 2.80. The van der Waals surface area contributed by atoms with Crippen LogP contribution in [0, 0.1) is 5.82 Å². The van der Waals surface area contributed by atoms with Gasteiger partial charge in [-0.2, -0.15) is 0 Å². The summed E-state index contributed by atoms with van der Waals surface area (Å²) in [7, 11) is 3.75. The lowest BCUT2D eigenvalue weighted by Gasteiger charge is -2.04. The minimum atomic E-state index is -1.14. The highest BCUT2D eigenvalue weighted by Crippen LogP contribution is 2.30. The number of anilines is 1. The smallest absolute Gasteiger partial charge is 0.335 e. The number of benzene rings is 1. The van der Waals surface area contributed by atoms with Gasteiger partial charge in [0.1, 0.15) is 5.82 Å². The van der Waals surface area contributed by atoms with Gasteiger partial charge in [0.2, 0.25) is 5.13 Å². The third-order valence-corrected chi connectivity index (χ3v) is 4.70. The maximum atomic E-state index is 13.7. The Morgan fingerprint density at radius 2 is 2.20 bits per heavy atom.